The van der Waals surface area contributed by atoms with E-state index in [1.165, 1.54) is 49.7 Å². The van der Waals surface area contributed by atoms with Crippen molar-refractivity contribution in [1.82, 2.24) is 0 Å². The minimum absolute atomic E-state index is 0. The van der Waals surface area contributed by atoms with Crippen molar-refractivity contribution in [3.63, 3.8) is 0 Å². The molecule has 2 aromatic rings. The Labute approximate surface area is 253 Å². The van der Waals surface area contributed by atoms with Gasteiger partial charge in [-0.25, -0.2) is 0 Å². The molecule has 0 N–H and O–H groups in total. The first kappa shape index (κ1) is 33.6. The van der Waals surface area contributed by atoms with Gasteiger partial charge in [0.05, 0.1) is 8.07 Å². The van der Waals surface area contributed by atoms with Gasteiger partial charge in [-0.2, -0.15) is 25.7 Å². The molecule has 0 spiro atoms. The van der Waals surface area contributed by atoms with E-state index in [0.29, 0.717) is 11.8 Å². The Morgan fingerprint density at radius 1 is 0.694 bits per heavy atom. The van der Waals surface area contributed by atoms with Gasteiger partial charge in [0.25, 0.3) is 0 Å². The van der Waals surface area contributed by atoms with Crippen LogP contribution in [0.1, 0.15) is 86.5 Å². The van der Waals surface area contributed by atoms with Gasteiger partial charge in [0.15, 0.2) is 0 Å². The number of rotatable bonds is 12. The van der Waals surface area contributed by atoms with Crippen molar-refractivity contribution in [3.05, 3.63) is 95.8 Å². The summed E-state index contributed by atoms with van der Waals surface area (Å²) in [6.45, 7) is 10.0. The van der Waals surface area contributed by atoms with E-state index >= 15 is 0 Å². The fourth-order valence-electron chi connectivity index (χ4n) is 6.56. The average Bonchev–Trinajstić information content (AvgIpc) is 3.44. The molecule has 0 nitrogen and oxygen atoms in total. The van der Waals surface area contributed by atoms with Crippen molar-refractivity contribution in [2.75, 3.05) is 0 Å². The monoisotopic (exact) mass is 614 g/mol. The quantitative estimate of drug-likeness (QED) is 0.193. The number of fused-ring (bicyclic) bond motifs is 2. The average molecular weight is 617 g/mol. The van der Waals surface area contributed by atoms with Crippen LogP contribution in [0.2, 0.25) is 24.2 Å². The summed E-state index contributed by atoms with van der Waals surface area (Å²) in [6.07, 6.45) is 22.4. The van der Waals surface area contributed by atoms with Gasteiger partial charge in [-0.05, 0) is 33.3 Å². The van der Waals surface area contributed by atoms with Gasteiger partial charge >= 0.3 is 26.2 Å². The third kappa shape index (κ3) is 7.37. The molecule has 2 aliphatic rings. The number of halogens is 2. The molecule has 0 fully saturated rings. The van der Waals surface area contributed by atoms with E-state index in [4.69, 9.17) is 0 Å². The Kier molecular flexibility index (Phi) is 14.8. The van der Waals surface area contributed by atoms with Crippen LogP contribution in [0.4, 0.5) is 0 Å². The Balaban J connectivity index is 0.00000216. The molecule has 0 bridgehead atoms. The first-order valence-corrected chi connectivity index (χ1v) is 16.4. The smallest absolute Gasteiger partial charge is 1.00 e. The summed E-state index contributed by atoms with van der Waals surface area (Å²) in [6, 6.07) is 18.3. The van der Waals surface area contributed by atoms with Gasteiger partial charge in [-0.1, -0.05) is 113 Å². The van der Waals surface area contributed by atoms with Crippen LogP contribution in [0.5, 0.6) is 0 Å². The first-order valence-electron chi connectivity index (χ1n) is 13.3. The number of hydrogen-bond donors (Lipinski definition) is 0. The number of hydrogen-bond acceptors (Lipinski definition) is 0. The second-order valence-electron chi connectivity index (χ2n) is 10.6. The molecule has 192 valence electrons. The predicted octanol–water partition coefficient (Wildman–Crippen LogP) is 3.85. The van der Waals surface area contributed by atoms with E-state index in [2.05, 4.69) is 113 Å². The molecule has 0 saturated carbocycles. The van der Waals surface area contributed by atoms with Crippen molar-refractivity contribution in [2.24, 2.45) is 0 Å². The van der Waals surface area contributed by atoms with E-state index in [1.54, 1.807) is 11.1 Å². The SMILES string of the molecule is CC[CH-]CCC(C1C=Cc2ccccc21)[Si](C)(C)C(CC[CH-]CC)C1C=Cc2ccccc21.[Cl-].[Cl-].[Zr+4]. The summed E-state index contributed by atoms with van der Waals surface area (Å²) in [5.74, 6) is 1.15. The normalized spacial score (nSPS) is 18.9. The minimum atomic E-state index is -1.67. The molecule has 0 amide bonds. The zero-order chi connectivity index (χ0) is 23.3. The molecule has 4 heteroatoms. The number of unbranched alkanes of at least 4 members (excludes halogenated alkanes) is 4. The van der Waals surface area contributed by atoms with Crippen LogP contribution in [0.3, 0.4) is 0 Å². The summed E-state index contributed by atoms with van der Waals surface area (Å²) < 4.78 is 0. The number of allylic oxidation sites excluding steroid dienone is 2. The minimum Gasteiger partial charge on any atom is -1.00 e. The second kappa shape index (κ2) is 15.9. The van der Waals surface area contributed by atoms with Crippen LogP contribution < -0.4 is 24.8 Å². The van der Waals surface area contributed by atoms with Crippen molar-refractivity contribution in [3.8, 4) is 0 Å². The molecule has 4 atom stereocenters. The summed E-state index contributed by atoms with van der Waals surface area (Å²) in [7, 11) is -1.67. The van der Waals surface area contributed by atoms with Crippen LogP contribution in [0.15, 0.2) is 60.7 Å². The van der Waals surface area contributed by atoms with E-state index in [-0.39, 0.29) is 51.0 Å². The van der Waals surface area contributed by atoms with E-state index in [9.17, 15) is 0 Å². The van der Waals surface area contributed by atoms with E-state index in [1.807, 2.05) is 0 Å². The molecular formula is C32H42Cl2SiZr. The third-order valence-electron chi connectivity index (χ3n) is 8.40. The van der Waals surface area contributed by atoms with Gasteiger partial charge < -0.3 is 37.7 Å². The van der Waals surface area contributed by atoms with Crippen molar-refractivity contribution < 1.29 is 51.0 Å². The maximum Gasteiger partial charge on any atom is 4.00 e. The van der Waals surface area contributed by atoms with E-state index in [0.717, 1.165) is 11.1 Å². The van der Waals surface area contributed by atoms with Crippen molar-refractivity contribution in [2.45, 2.75) is 88.4 Å². The van der Waals surface area contributed by atoms with Crippen LogP contribution in [0.25, 0.3) is 12.2 Å². The fraction of sp³-hybridized carbons (Fsp3) is 0.438. The molecule has 2 aromatic carbocycles. The number of benzene rings is 2. The van der Waals surface area contributed by atoms with Gasteiger partial charge in [-0.3, -0.25) is 0 Å². The zero-order valence-electron chi connectivity index (χ0n) is 22.4. The van der Waals surface area contributed by atoms with Gasteiger partial charge in [0.2, 0.25) is 0 Å². The molecule has 0 saturated heterocycles. The predicted molar refractivity (Wildman–Crippen MR) is 149 cm³/mol. The molecule has 4 rings (SSSR count). The Hall–Kier alpha value is -0.400. The van der Waals surface area contributed by atoms with Crippen molar-refractivity contribution >= 4 is 20.2 Å². The Morgan fingerprint density at radius 3 is 1.47 bits per heavy atom. The maximum absolute atomic E-state index is 2.73. The first-order chi connectivity index (χ1) is 16.1. The maximum atomic E-state index is 2.73. The Morgan fingerprint density at radius 2 is 1.08 bits per heavy atom. The van der Waals surface area contributed by atoms with Gasteiger partial charge in [-0.15, -0.1) is 0 Å². The molecule has 0 aliphatic heterocycles. The second-order valence-corrected chi connectivity index (χ2v) is 15.7. The summed E-state index contributed by atoms with van der Waals surface area (Å²) in [4.78, 5) is 0. The van der Waals surface area contributed by atoms with Gasteiger partial charge in [0.1, 0.15) is 0 Å². The molecule has 0 aromatic heterocycles. The Bertz CT molecular complexity index is 906. The molecule has 2 aliphatic carbocycles. The standard InChI is InChI=1S/C32H42Si.2ClH.Zr/c1-5-7-9-19-31(29-23-21-25-15-11-13-17-27(25)29)33(3,4)32(20-10-8-6-2)30-24-22-26-16-12-14-18-28(26)30;;;/h7-8,11-18,21-24,29-32H,5-6,9-10,19-20H2,1-4H3;2*1H;/q-2;;;+4/p-2. The van der Waals surface area contributed by atoms with Crippen LogP contribution >= 0.6 is 0 Å². The van der Waals surface area contributed by atoms with Gasteiger partial charge in [0, 0.05) is 11.8 Å². The summed E-state index contributed by atoms with van der Waals surface area (Å²) >= 11 is 0. The van der Waals surface area contributed by atoms with Crippen LogP contribution in [0, 0.1) is 12.8 Å². The topological polar surface area (TPSA) is 0 Å². The fourth-order valence-corrected chi connectivity index (χ4v) is 11.4. The summed E-state index contributed by atoms with van der Waals surface area (Å²) in [5.41, 5.74) is 7.54. The van der Waals surface area contributed by atoms with Crippen molar-refractivity contribution in [1.29, 1.82) is 0 Å². The van der Waals surface area contributed by atoms with E-state index < -0.39 is 8.07 Å². The summed E-state index contributed by atoms with van der Waals surface area (Å²) in [5, 5.41) is 0. The molecular weight excluding hydrogens is 575 g/mol. The van der Waals surface area contributed by atoms with Crippen LogP contribution in [-0.4, -0.2) is 8.07 Å². The molecule has 0 radical (unpaired) electrons. The van der Waals surface area contributed by atoms with Crippen LogP contribution in [-0.2, 0) is 26.2 Å². The largest absolute Gasteiger partial charge is 4.00 e. The molecule has 0 heterocycles. The zero-order valence-corrected chi connectivity index (χ0v) is 27.4. The molecule has 36 heavy (non-hydrogen) atoms. The third-order valence-corrected chi connectivity index (χ3v) is 13.5. The molecule has 4 unspecified atom stereocenters.